The number of unbranched alkanes of at least 4 members (excludes halogenated alkanes) is 9. The van der Waals surface area contributed by atoms with Gasteiger partial charge in [-0.3, -0.25) is 0 Å². The summed E-state index contributed by atoms with van der Waals surface area (Å²) in [6.45, 7) is 7.02. The van der Waals surface area contributed by atoms with E-state index in [2.05, 4.69) is 30.7 Å². The van der Waals surface area contributed by atoms with E-state index in [1.165, 1.54) is 70.2 Å². The van der Waals surface area contributed by atoms with E-state index in [-0.39, 0.29) is 12.1 Å². The van der Waals surface area contributed by atoms with E-state index in [9.17, 15) is 4.79 Å². The fourth-order valence-electron chi connectivity index (χ4n) is 3.72. The van der Waals surface area contributed by atoms with E-state index >= 15 is 0 Å². The molecule has 0 aliphatic heterocycles. The minimum absolute atomic E-state index is 0.204. The van der Waals surface area contributed by atoms with Crippen LogP contribution in [0, 0.1) is 0 Å². The highest BCUT2D eigenvalue weighted by Crippen LogP contribution is 2.21. The molecule has 0 aliphatic carbocycles. The summed E-state index contributed by atoms with van der Waals surface area (Å²) in [6.07, 6.45) is 17.7. The van der Waals surface area contributed by atoms with Crippen molar-refractivity contribution in [1.29, 1.82) is 0 Å². The first kappa shape index (κ1) is 26.8. The zero-order valence-electron chi connectivity index (χ0n) is 20.9. The van der Waals surface area contributed by atoms with Gasteiger partial charge in [-0.25, -0.2) is 14.8 Å². The average Bonchev–Trinajstić information content (AvgIpc) is 2.84. The Balaban J connectivity index is 1.74. The highest BCUT2D eigenvalue weighted by molar-refractivity contribution is 5.88. The van der Waals surface area contributed by atoms with E-state index in [4.69, 9.17) is 9.47 Å². The molecule has 0 radical (unpaired) electrons. The molecule has 1 aromatic carbocycles. The maximum atomic E-state index is 12.2. The summed E-state index contributed by atoms with van der Waals surface area (Å²) in [5.74, 6) is 1.08. The van der Waals surface area contributed by atoms with Crippen LogP contribution in [0.2, 0.25) is 0 Å². The topological polar surface area (TPSA) is 61.3 Å². The zero-order chi connectivity index (χ0) is 23.7. The number of esters is 1. The number of carbonyl (C=O) groups excluding carboxylic acids is 1. The fourth-order valence-corrected chi connectivity index (χ4v) is 3.72. The van der Waals surface area contributed by atoms with Gasteiger partial charge >= 0.3 is 5.97 Å². The lowest BCUT2D eigenvalue weighted by Gasteiger charge is -2.15. The molecule has 0 fully saturated rings. The Labute approximate surface area is 200 Å². The predicted molar refractivity (Wildman–Crippen MR) is 135 cm³/mol. The molecule has 0 N–H and O–H groups in total. The van der Waals surface area contributed by atoms with Crippen LogP contribution in [-0.4, -0.2) is 28.6 Å². The second kappa shape index (κ2) is 16.2. The van der Waals surface area contributed by atoms with Gasteiger partial charge in [-0.1, -0.05) is 71.6 Å². The number of aromatic nitrogens is 2. The van der Waals surface area contributed by atoms with Gasteiger partial charge in [0, 0.05) is 18.0 Å². The van der Waals surface area contributed by atoms with E-state index < -0.39 is 0 Å². The van der Waals surface area contributed by atoms with Crippen molar-refractivity contribution < 1.29 is 14.3 Å². The fraction of sp³-hybridized carbons (Fsp3) is 0.607. The molecular formula is C28H42N2O3. The lowest BCUT2D eigenvalue weighted by Crippen LogP contribution is -2.11. The summed E-state index contributed by atoms with van der Waals surface area (Å²) in [5, 5.41) is 0. The minimum Gasteiger partial charge on any atom is -0.491 e. The van der Waals surface area contributed by atoms with Gasteiger partial charge in [0.05, 0.1) is 18.3 Å². The second-order valence-electron chi connectivity index (χ2n) is 8.85. The number of carbonyl (C=O) groups is 1. The van der Waals surface area contributed by atoms with Crippen LogP contribution >= 0.6 is 0 Å². The van der Waals surface area contributed by atoms with Crippen LogP contribution in [0.15, 0.2) is 36.7 Å². The molecule has 2 rings (SSSR count). The molecule has 0 saturated heterocycles. The number of rotatable bonds is 17. The first-order valence-electron chi connectivity index (χ1n) is 12.9. The molecule has 5 heteroatoms. The molecule has 0 unspecified atom stereocenters. The normalized spacial score (nSPS) is 11.8. The van der Waals surface area contributed by atoms with Gasteiger partial charge in [-0.05, 0) is 50.5 Å². The third-order valence-corrected chi connectivity index (χ3v) is 5.78. The summed E-state index contributed by atoms with van der Waals surface area (Å²) < 4.78 is 11.4. The molecule has 0 saturated carbocycles. The van der Waals surface area contributed by atoms with Crippen molar-refractivity contribution in [1.82, 2.24) is 9.97 Å². The van der Waals surface area contributed by atoms with Crippen LogP contribution < -0.4 is 4.74 Å². The summed E-state index contributed by atoms with van der Waals surface area (Å²) >= 11 is 0. The third kappa shape index (κ3) is 10.8. The van der Waals surface area contributed by atoms with Crippen molar-refractivity contribution in [3.8, 4) is 17.1 Å². The second-order valence-corrected chi connectivity index (χ2v) is 8.85. The van der Waals surface area contributed by atoms with E-state index in [1.807, 2.05) is 24.3 Å². The molecule has 1 aromatic heterocycles. The van der Waals surface area contributed by atoms with Crippen molar-refractivity contribution in [3.63, 3.8) is 0 Å². The largest absolute Gasteiger partial charge is 0.491 e. The average molecular weight is 455 g/mol. The first-order chi connectivity index (χ1) is 16.1. The van der Waals surface area contributed by atoms with Gasteiger partial charge in [0.1, 0.15) is 5.75 Å². The van der Waals surface area contributed by atoms with Gasteiger partial charge in [0.15, 0.2) is 5.82 Å². The van der Waals surface area contributed by atoms with Crippen LogP contribution in [0.4, 0.5) is 0 Å². The Morgan fingerprint density at radius 3 is 2.03 bits per heavy atom. The molecule has 182 valence electrons. The quantitative estimate of drug-likeness (QED) is 0.180. The van der Waals surface area contributed by atoms with Crippen molar-refractivity contribution >= 4 is 5.97 Å². The van der Waals surface area contributed by atoms with Crippen LogP contribution in [0.3, 0.4) is 0 Å². The molecule has 0 amide bonds. The monoisotopic (exact) mass is 454 g/mol. The van der Waals surface area contributed by atoms with Crippen molar-refractivity contribution in [2.75, 3.05) is 6.61 Å². The molecule has 1 atom stereocenters. The molecule has 2 aromatic rings. The molecule has 5 nitrogen and oxygen atoms in total. The predicted octanol–water partition coefficient (Wildman–Crippen LogP) is 7.79. The smallest absolute Gasteiger partial charge is 0.341 e. The standard InChI is InChI=1S/C28H42N2O3/c1-4-6-8-10-12-14-20-32-28(31)25-21-29-27(30-22-25)24-16-18-26(19-17-24)33-23(3)15-13-11-9-7-5-2/h16-19,21-23H,4-15,20H2,1-3H3/t23-/m0/s1. The van der Waals surface area contributed by atoms with E-state index in [0.29, 0.717) is 18.0 Å². The lowest BCUT2D eigenvalue weighted by molar-refractivity contribution is 0.0496. The van der Waals surface area contributed by atoms with Gasteiger partial charge < -0.3 is 9.47 Å². The Kier molecular flexibility index (Phi) is 13.2. The lowest BCUT2D eigenvalue weighted by atomic mass is 10.1. The molecule has 33 heavy (non-hydrogen) atoms. The minimum atomic E-state index is -0.359. The zero-order valence-corrected chi connectivity index (χ0v) is 20.9. The number of ether oxygens (including phenoxy) is 2. The van der Waals surface area contributed by atoms with Crippen molar-refractivity contribution in [3.05, 3.63) is 42.2 Å². The summed E-state index contributed by atoms with van der Waals surface area (Å²) in [6, 6.07) is 7.81. The highest BCUT2D eigenvalue weighted by atomic mass is 16.5. The van der Waals surface area contributed by atoms with Crippen LogP contribution in [0.5, 0.6) is 5.75 Å². The van der Waals surface area contributed by atoms with Gasteiger partial charge in [-0.15, -0.1) is 0 Å². The number of nitrogens with zero attached hydrogens (tertiary/aromatic N) is 2. The van der Waals surface area contributed by atoms with E-state index in [0.717, 1.165) is 30.6 Å². The molecule has 0 aliphatic rings. The molecule has 0 bridgehead atoms. The van der Waals surface area contributed by atoms with Gasteiger partial charge in [0.25, 0.3) is 0 Å². The first-order valence-corrected chi connectivity index (χ1v) is 12.9. The van der Waals surface area contributed by atoms with Crippen molar-refractivity contribution in [2.24, 2.45) is 0 Å². The number of hydrogen-bond donors (Lipinski definition) is 0. The maximum absolute atomic E-state index is 12.2. The maximum Gasteiger partial charge on any atom is 0.341 e. The van der Waals surface area contributed by atoms with Gasteiger partial charge in [-0.2, -0.15) is 0 Å². The molecular weight excluding hydrogens is 412 g/mol. The van der Waals surface area contributed by atoms with Crippen molar-refractivity contribution in [2.45, 2.75) is 104 Å². The third-order valence-electron chi connectivity index (χ3n) is 5.78. The Morgan fingerprint density at radius 2 is 1.39 bits per heavy atom. The SMILES string of the molecule is CCCCCCCCOC(=O)c1cnc(-c2ccc(O[C@@H](C)CCCCCCC)cc2)nc1. The highest BCUT2D eigenvalue weighted by Gasteiger charge is 2.10. The number of hydrogen-bond acceptors (Lipinski definition) is 5. The van der Waals surface area contributed by atoms with Gasteiger partial charge in [0.2, 0.25) is 0 Å². The molecule has 0 spiro atoms. The van der Waals surface area contributed by atoms with Crippen LogP contribution in [0.25, 0.3) is 11.4 Å². The Hall–Kier alpha value is -2.43. The van der Waals surface area contributed by atoms with Crippen LogP contribution in [-0.2, 0) is 4.74 Å². The number of benzene rings is 1. The summed E-state index contributed by atoms with van der Waals surface area (Å²) in [4.78, 5) is 20.9. The summed E-state index contributed by atoms with van der Waals surface area (Å²) in [5.41, 5.74) is 1.28. The summed E-state index contributed by atoms with van der Waals surface area (Å²) in [7, 11) is 0. The molecule has 1 heterocycles. The van der Waals surface area contributed by atoms with E-state index in [1.54, 1.807) is 0 Å². The van der Waals surface area contributed by atoms with Crippen LogP contribution in [0.1, 0.15) is 108 Å². The Morgan fingerprint density at radius 1 is 0.818 bits per heavy atom. The Bertz CT molecular complexity index is 775.